The van der Waals surface area contributed by atoms with Crippen molar-refractivity contribution in [3.05, 3.63) is 30.1 Å². The van der Waals surface area contributed by atoms with Gasteiger partial charge in [-0.2, -0.15) is 0 Å². The van der Waals surface area contributed by atoms with Crippen LogP contribution in [0.2, 0.25) is 0 Å². The van der Waals surface area contributed by atoms with E-state index in [1.165, 1.54) is 12.1 Å². The maximum absolute atomic E-state index is 12.6. The van der Waals surface area contributed by atoms with Gasteiger partial charge in [0.2, 0.25) is 0 Å². The van der Waals surface area contributed by atoms with Crippen molar-refractivity contribution in [2.24, 2.45) is 11.3 Å². The highest BCUT2D eigenvalue weighted by atomic mass is 35.5. The fourth-order valence-electron chi connectivity index (χ4n) is 1.22. The average Bonchev–Trinajstić information content (AvgIpc) is 2.26. The van der Waals surface area contributed by atoms with Gasteiger partial charge >= 0.3 is 0 Å². The third-order valence-corrected chi connectivity index (χ3v) is 2.34. The van der Waals surface area contributed by atoms with E-state index in [-0.39, 0.29) is 23.6 Å². The van der Waals surface area contributed by atoms with Crippen molar-refractivity contribution in [2.45, 2.75) is 20.3 Å². The van der Waals surface area contributed by atoms with E-state index >= 15 is 0 Å². The number of hydrogen-bond donors (Lipinski definition) is 1. The molecule has 0 unspecified atom stereocenters. The molecule has 17 heavy (non-hydrogen) atoms. The van der Waals surface area contributed by atoms with Crippen LogP contribution in [0, 0.1) is 11.2 Å². The summed E-state index contributed by atoms with van der Waals surface area (Å²) in [6.45, 7) is 5.17. The molecule has 0 aromatic heterocycles. The Labute approximate surface area is 107 Å². The first-order valence-electron chi connectivity index (χ1n) is 5.23. The molecular weight excluding hydrogens is 245 g/mol. The van der Waals surface area contributed by atoms with Gasteiger partial charge in [-0.25, -0.2) is 10.3 Å². The van der Waals surface area contributed by atoms with E-state index < -0.39 is 0 Å². The lowest BCUT2D eigenvalue weighted by Crippen LogP contribution is -2.24. The summed E-state index contributed by atoms with van der Waals surface area (Å²) >= 11 is 0. The van der Waals surface area contributed by atoms with E-state index in [1.807, 2.05) is 0 Å². The standard InChI is InChI=1S/C12H18FNO2.ClH/c1-12(2,7-8-16-14)9-15-11-5-3-10(13)4-6-11;/h3-6H,7-9,14H2,1-2H3;1H. The Balaban J connectivity index is 0.00000256. The second-order valence-electron chi connectivity index (χ2n) is 4.53. The van der Waals surface area contributed by atoms with Crippen LogP contribution in [0.25, 0.3) is 0 Å². The zero-order valence-electron chi connectivity index (χ0n) is 10.1. The Morgan fingerprint density at radius 3 is 2.35 bits per heavy atom. The molecule has 0 aliphatic carbocycles. The molecule has 0 aliphatic heterocycles. The summed E-state index contributed by atoms with van der Waals surface area (Å²) in [7, 11) is 0. The molecular formula is C12H19ClFNO2. The van der Waals surface area contributed by atoms with Crippen LogP contribution in [0.5, 0.6) is 5.75 Å². The van der Waals surface area contributed by atoms with Crippen molar-refractivity contribution >= 4 is 12.4 Å². The van der Waals surface area contributed by atoms with Gasteiger partial charge in [0.15, 0.2) is 0 Å². The molecule has 0 bridgehead atoms. The molecule has 2 N–H and O–H groups in total. The Kier molecular flexibility index (Phi) is 7.11. The van der Waals surface area contributed by atoms with Crippen LogP contribution >= 0.6 is 12.4 Å². The molecule has 0 saturated heterocycles. The van der Waals surface area contributed by atoms with E-state index in [9.17, 15) is 4.39 Å². The van der Waals surface area contributed by atoms with Gasteiger partial charge in [0, 0.05) is 5.41 Å². The van der Waals surface area contributed by atoms with Crippen LogP contribution in [-0.4, -0.2) is 13.2 Å². The monoisotopic (exact) mass is 263 g/mol. The van der Waals surface area contributed by atoms with Crippen LogP contribution in [0.3, 0.4) is 0 Å². The Morgan fingerprint density at radius 2 is 1.82 bits per heavy atom. The highest BCUT2D eigenvalue weighted by molar-refractivity contribution is 5.85. The van der Waals surface area contributed by atoms with Crippen molar-refractivity contribution in [3.8, 4) is 5.75 Å². The first-order chi connectivity index (χ1) is 7.53. The summed E-state index contributed by atoms with van der Waals surface area (Å²) in [6, 6.07) is 5.99. The van der Waals surface area contributed by atoms with Crippen LogP contribution in [-0.2, 0) is 4.84 Å². The minimum atomic E-state index is -0.261. The third kappa shape index (κ3) is 6.46. The Morgan fingerprint density at radius 1 is 1.24 bits per heavy atom. The van der Waals surface area contributed by atoms with E-state index in [1.54, 1.807) is 12.1 Å². The summed E-state index contributed by atoms with van der Waals surface area (Å²) in [6.07, 6.45) is 0.810. The van der Waals surface area contributed by atoms with Crippen LogP contribution in [0.1, 0.15) is 20.3 Å². The Bertz CT molecular complexity index is 317. The SMILES string of the molecule is CC(C)(CCON)COc1ccc(F)cc1.Cl. The molecule has 0 amide bonds. The molecule has 5 heteroatoms. The lowest BCUT2D eigenvalue weighted by Gasteiger charge is -2.24. The number of ether oxygens (including phenoxy) is 1. The normalized spacial score (nSPS) is 10.8. The highest BCUT2D eigenvalue weighted by Gasteiger charge is 2.18. The van der Waals surface area contributed by atoms with Gasteiger partial charge in [0.05, 0.1) is 13.2 Å². The number of rotatable bonds is 6. The number of benzene rings is 1. The van der Waals surface area contributed by atoms with Crippen molar-refractivity contribution < 1.29 is 14.0 Å². The molecule has 0 spiro atoms. The summed E-state index contributed by atoms with van der Waals surface area (Å²) in [5, 5.41) is 0. The van der Waals surface area contributed by atoms with E-state index in [4.69, 9.17) is 10.6 Å². The average molecular weight is 264 g/mol. The van der Waals surface area contributed by atoms with Gasteiger partial charge in [0.1, 0.15) is 11.6 Å². The fourth-order valence-corrected chi connectivity index (χ4v) is 1.22. The molecule has 3 nitrogen and oxygen atoms in total. The number of hydrogen-bond acceptors (Lipinski definition) is 3. The van der Waals surface area contributed by atoms with Gasteiger partial charge in [-0.05, 0) is 30.7 Å². The van der Waals surface area contributed by atoms with Crippen molar-refractivity contribution in [1.29, 1.82) is 0 Å². The van der Waals surface area contributed by atoms with Crippen LogP contribution in [0.4, 0.5) is 4.39 Å². The molecule has 1 rings (SSSR count). The van der Waals surface area contributed by atoms with Gasteiger partial charge in [-0.3, -0.25) is 0 Å². The quantitative estimate of drug-likeness (QED) is 0.803. The molecule has 0 saturated carbocycles. The molecule has 1 aromatic carbocycles. The zero-order chi connectivity index (χ0) is 12.0. The lowest BCUT2D eigenvalue weighted by atomic mass is 9.91. The third-order valence-electron chi connectivity index (χ3n) is 2.34. The second-order valence-corrected chi connectivity index (χ2v) is 4.53. The van der Waals surface area contributed by atoms with E-state index in [2.05, 4.69) is 18.7 Å². The summed E-state index contributed by atoms with van der Waals surface area (Å²) in [5.41, 5.74) is -0.0201. The Hall–Kier alpha value is -0.840. The summed E-state index contributed by atoms with van der Waals surface area (Å²) < 4.78 is 18.2. The smallest absolute Gasteiger partial charge is 0.123 e. The van der Waals surface area contributed by atoms with Crippen molar-refractivity contribution in [2.75, 3.05) is 13.2 Å². The zero-order valence-corrected chi connectivity index (χ0v) is 10.9. The maximum Gasteiger partial charge on any atom is 0.123 e. The molecule has 1 aromatic rings. The minimum absolute atomic E-state index is 0. The van der Waals surface area contributed by atoms with Crippen LogP contribution in [0.15, 0.2) is 24.3 Å². The highest BCUT2D eigenvalue weighted by Crippen LogP contribution is 2.22. The summed E-state index contributed by atoms with van der Waals surface area (Å²) in [4.78, 5) is 4.54. The molecule has 0 fully saturated rings. The molecule has 0 radical (unpaired) electrons. The minimum Gasteiger partial charge on any atom is -0.493 e. The summed E-state index contributed by atoms with van der Waals surface area (Å²) in [5.74, 6) is 5.39. The molecule has 0 aliphatic rings. The topological polar surface area (TPSA) is 44.5 Å². The fraction of sp³-hybridized carbons (Fsp3) is 0.500. The van der Waals surface area contributed by atoms with E-state index in [0.29, 0.717) is 19.0 Å². The number of nitrogens with two attached hydrogens (primary N) is 1. The first kappa shape index (κ1) is 16.2. The first-order valence-corrected chi connectivity index (χ1v) is 5.23. The maximum atomic E-state index is 12.6. The largest absolute Gasteiger partial charge is 0.493 e. The second kappa shape index (κ2) is 7.48. The number of halogens is 2. The molecule has 98 valence electrons. The van der Waals surface area contributed by atoms with Gasteiger partial charge in [0.25, 0.3) is 0 Å². The predicted molar refractivity (Wildman–Crippen MR) is 67.7 cm³/mol. The van der Waals surface area contributed by atoms with Gasteiger partial charge < -0.3 is 9.57 Å². The lowest BCUT2D eigenvalue weighted by molar-refractivity contribution is 0.0831. The molecule has 0 atom stereocenters. The molecule has 0 heterocycles. The van der Waals surface area contributed by atoms with Gasteiger partial charge in [-0.1, -0.05) is 13.8 Å². The van der Waals surface area contributed by atoms with Crippen LogP contribution < -0.4 is 10.6 Å². The predicted octanol–water partition coefficient (Wildman–Crippen LogP) is 2.93. The van der Waals surface area contributed by atoms with Crippen molar-refractivity contribution in [1.82, 2.24) is 0 Å². The van der Waals surface area contributed by atoms with Crippen molar-refractivity contribution in [3.63, 3.8) is 0 Å². The van der Waals surface area contributed by atoms with E-state index in [0.717, 1.165) is 6.42 Å². The van der Waals surface area contributed by atoms with Gasteiger partial charge in [-0.15, -0.1) is 12.4 Å².